The highest BCUT2D eigenvalue weighted by Crippen LogP contribution is 2.31. The molecule has 0 saturated heterocycles. The van der Waals surface area contributed by atoms with Crippen LogP contribution in [0.3, 0.4) is 0 Å². The second-order valence-corrected chi connectivity index (χ2v) is 8.93. The van der Waals surface area contributed by atoms with Crippen molar-refractivity contribution in [1.82, 2.24) is 5.32 Å². The first-order valence-electron chi connectivity index (χ1n) is 8.75. The minimum absolute atomic E-state index is 0.0916. The summed E-state index contributed by atoms with van der Waals surface area (Å²) in [5.74, 6) is -3.18. The Morgan fingerprint density at radius 2 is 1.53 bits per heavy atom. The van der Waals surface area contributed by atoms with E-state index in [1.54, 1.807) is 30.3 Å². The molecule has 0 aliphatic rings. The van der Waals surface area contributed by atoms with Crippen molar-refractivity contribution in [3.8, 4) is 0 Å². The third kappa shape index (κ3) is 4.67. The third-order valence-corrected chi connectivity index (χ3v) is 6.64. The predicted octanol–water partition coefficient (Wildman–Crippen LogP) is 3.91. The number of nitrogens with one attached hydrogen (secondary N) is 1. The lowest BCUT2D eigenvalue weighted by molar-refractivity contribution is -0.120. The highest BCUT2D eigenvalue weighted by Gasteiger charge is 2.34. The first-order valence-corrected chi connectivity index (χ1v) is 10.7. The molecule has 2 atom stereocenters. The van der Waals surface area contributed by atoms with Gasteiger partial charge in [0, 0.05) is 5.02 Å². The number of halogens is 3. The summed E-state index contributed by atoms with van der Waals surface area (Å²) < 4.78 is 54.1. The van der Waals surface area contributed by atoms with Gasteiger partial charge in [-0.05, 0) is 47.5 Å². The van der Waals surface area contributed by atoms with Crippen molar-refractivity contribution >= 4 is 27.3 Å². The Labute approximate surface area is 177 Å². The first kappa shape index (κ1) is 21.9. The van der Waals surface area contributed by atoms with E-state index in [-0.39, 0.29) is 10.5 Å². The molecule has 0 saturated carbocycles. The van der Waals surface area contributed by atoms with Crippen molar-refractivity contribution in [3.63, 3.8) is 0 Å². The fourth-order valence-corrected chi connectivity index (χ4v) is 4.67. The molecule has 3 rings (SSSR count). The normalized spacial score (nSPS) is 13.6. The van der Waals surface area contributed by atoms with Gasteiger partial charge in [-0.2, -0.15) is 0 Å². The van der Waals surface area contributed by atoms with E-state index >= 15 is 0 Å². The van der Waals surface area contributed by atoms with Crippen molar-refractivity contribution in [3.05, 3.63) is 101 Å². The van der Waals surface area contributed by atoms with Crippen molar-refractivity contribution < 1.29 is 22.0 Å². The number of amides is 1. The zero-order valence-corrected chi connectivity index (χ0v) is 17.0. The summed E-state index contributed by atoms with van der Waals surface area (Å²) >= 11 is 5.84. The van der Waals surface area contributed by atoms with Crippen molar-refractivity contribution in [1.29, 1.82) is 0 Å². The van der Waals surface area contributed by atoms with Gasteiger partial charge in [-0.25, -0.2) is 17.2 Å². The minimum atomic E-state index is -4.20. The number of hydrogen-bond donors (Lipinski definition) is 2. The molecule has 3 N–H and O–H groups in total. The van der Waals surface area contributed by atoms with Gasteiger partial charge in [0.2, 0.25) is 5.91 Å². The standard InChI is InChI=1S/C21H17ClF2N2O3S/c22-15-7-9-16(10-8-15)30(28,29)21(14-6-11-17(23)18(24)12-14)26-19(20(25)27)13-4-2-1-3-5-13/h1-12,19,21,26H,(H2,25,27)/t19?,21-/m1/s1. The van der Waals surface area contributed by atoms with E-state index in [9.17, 15) is 22.0 Å². The van der Waals surface area contributed by atoms with Gasteiger partial charge in [-0.1, -0.05) is 48.0 Å². The van der Waals surface area contributed by atoms with E-state index in [1.807, 2.05) is 0 Å². The SMILES string of the molecule is NC(=O)C(N[C@@H](c1ccc(F)c(F)c1)S(=O)(=O)c1ccc(Cl)cc1)c1ccccc1. The van der Waals surface area contributed by atoms with Crippen LogP contribution in [0, 0.1) is 11.6 Å². The number of benzene rings is 3. The molecular weight excluding hydrogens is 434 g/mol. The third-order valence-electron chi connectivity index (χ3n) is 4.43. The largest absolute Gasteiger partial charge is 0.368 e. The van der Waals surface area contributed by atoms with Crippen LogP contribution in [0.25, 0.3) is 0 Å². The van der Waals surface area contributed by atoms with E-state index in [1.165, 1.54) is 24.3 Å². The van der Waals surface area contributed by atoms with Crippen molar-refractivity contribution in [2.45, 2.75) is 16.3 Å². The molecule has 3 aromatic rings. The molecular formula is C21H17ClF2N2O3S. The number of nitrogens with two attached hydrogens (primary N) is 1. The summed E-state index contributed by atoms with van der Waals surface area (Å²) in [7, 11) is -4.20. The van der Waals surface area contributed by atoms with Gasteiger partial charge < -0.3 is 5.73 Å². The topological polar surface area (TPSA) is 89.3 Å². The molecule has 1 unspecified atom stereocenters. The summed E-state index contributed by atoms with van der Waals surface area (Å²) in [5.41, 5.74) is 5.83. The number of primary amides is 1. The van der Waals surface area contributed by atoms with Gasteiger partial charge in [0.1, 0.15) is 11.4 Å². The maximum atomic E-state index is 13.9. The van der Waals surface area contributed by atoms with Crippen LogP contribution in [-0.4, -0.2) is 14.3 Å². The lowest BCUT2D eigenvalue weighted by Crippen LogP contribution is -2.39. The van der Waals surface area contributed by atoms with Crippen molar-refractivity contribution in [2.24, 2.45) is 5.73 Å². The van der Waals surface area contributed by atoms with Crippen LogP contribution in [-0.2, 0) is 14.6 Å². The molecule has 5 nitrogen and oxygen atoms in total. The molecule has 0 radical (unpaired) electrons. The number of hydrogen-bond acceptors (Lipinski definition) is 4. The van der Waals surface area contributed by atoms with Crippen LogP contribution >= 0.6 is 11.6 Å². The summed E-state index contributed by atoms with van der Waals surface area (Å²) in [6.45, 7) is 0. The van der Waals surface area contributed by atoms with E-state index in [0.717, 1.165) is 18.2 Å². The lowest BCUT2D eigenvalue weighted by Gasteiger charge is -2.25. The van der Waals surface area contributed by atoms with E-state index in [4.69, 9.17) is 17.3 Å². The molecule has 0 spiro atoms. The Bertz CT molecular complexity index is 1160. The van der Waals surface area contributed by atoms with Gasteiger partial charge in [-0.3, -0.25) is 10.1 Å². The van der Waals surface area contributed by atoms with Crippen LogP contribution in [0.1, 0.15) is 22.5 Å². The maximum Gasteiger partial charge on any atom is 0.239 e. The van der Waals surface area contributed by atoms with E-state index < -0.39 is 38.8 Å². The van der Waals surface area contributed by atoms with Gasteiger partial charge in [0.05, 0.1) is 4.90 Å². The molecule has 3 aromatic carbocycles. The molecule has 0 bridgehead atoms. The molecule has 9 heteroatoms. The van der Waals surface area contributed by atoms with Crippen LogP contribution in [0.15, 0.2) is 77.7 Å². The average Bonchev–Trinajstić information content (AvgIpc) is 2.71. The van der Waals surface area contributed by atoms with Crippen LogP contribution in [0.2, 0.25) is 5.02 Å². The minimum Gasteiger partial charge on any atom is -0.368 e. The molecule has 30 heavy (non-hydrogen) atoms. The molecule has 0 heterocycles. The first-order chi connectivity index (χ1) is 14.2. The number of sulfone groups is 1. The molecule has 156 valence electrons. The highest BCUT2D eigenvalue weighted by molar-refractivity contribution is 7.91. The molecule has 0 aromatic heterocycles. The van der Waals surface area contributed by atoms with Crippen molar-refractivity contribution in [2.75, 3.05) is 0 Å². The molecule has 1 amide bonds. The van der Waals surface area contributed by atoms with Gasteiger partial charge in [0.25, 0.3) is 0 Å². The smallest absolute Gasteiger partial charge is 0.239 e. The van der Waals surface area contributed by atoms with E-state index in [0.29, 0.717) is 10.6 Å². The monoisotopic (exact) mass is 450 g/mol. The Balaban J connectivity index is 2.12. The maximum absolute atomic E-state index is 13.9. The van der Waals surface area contributed by atoms with Crippen LogP contribution in [0.5, 0.6) is 0 Å². The average molecular weight is 451 g/mol. The molecule has 0 fully saturated rings. The zero-order valence-electron chi connectivity index (χ0n) is 15.4. The van der Waals surface area contributed by atoms with Gasteiger partial charge >= 0.3 is 0 Å². The number of carbonyl (C=O) groups is 1. The highest BCUT2D eigenvalue weighted by atomic mass is 35.5. The van der Waals surface area contributed by atoms with Gasteiger partial charge in [-0.15, -0.1) is 0 Å². The molecule has 0 aliphatic carbocycles. The number of carbonyl (C=O) groups excluding carboxylic acids is 1. The fourth-order valence-electron chi connectivity index (χ4n) is 2.94. The fraction of sp³-hybridized carbons (Fsp3) is 0.0952. The van der Waals surface area contributed by atoms with Crippen LogP contribution in [0.4, 0.5) is 8.78 Å². The molecule has 0 aliphatic heterocycles. The predicted molar refractivity (Wildman–Crippen MR) is 109 cm³/mol. The summed E-state index contributed by atoms with van der Waals surface area (Å²) in [4.78, 5) is 12.0. The zero-order chi connectivity index (χ0) is 21.9. The second kappa shape index (κ2) is 8.91. The Kier molecular flexibility index (Phi) is 6.50. The van der Waals surface area contributed by atoms with E-state index in [2.05, 4.69) is 5.32 Å². The summed E-state index contributed by atoms with van der Waals surface area (Å²) in [5, 5.41) is 1.43. The van der Waals surface area contributed by atoms with Crippen LogP contribution < -0.4 is 11.1 Å². The summed E-state index contributed by atoms with van der Waals surface area (Å²) in [6.07, 6.45) is 0. The Morgan fingerprint density at radius 3 is 2.10 bits per heavy atom. The lowest BCUT2D eigenvalue weighted by atomic mass is 10.1. The quantitative estimate of drug-likeness (QED) is 0.571. The van der Waals surface area contributed by atoms with Gasteiger partial charge in [0.15, 0.2) is 21.5 Å². The summed E-state index contributed by atoms with van der Waals surface area (Å²) in [6, 6.07) is 15.1. The Morgan fingerprint density at radius 1 is 0.900 bits per heavy atom. The number of rotatable bonds is 7. The Hall–Kier alpha value is -2.81. The second-order valence-electron chi connectivity index (χ2n) is 6.47.